The zero-order valence-corrected chi connectivity index (χ0v) is 12.2. The maximum atomic E-state index is 12.9. The fourth-order valence-electron chi connectivity index (χ4n) is 2.17. The maximum absolute atomic E-state index is 12.9. The van der Waals surface area contributed by atoms with Gasteiger partial charge in [0.25, 0.3) is 0 Å². The third kappa shape index (κ3) is 4.03. The maximum Gasteiger partial charge on any atom is 0.319 e. The van der Waals surface area contributed by atoms with Gasteiger partial charge in [-0.05, 0) is 12.5 Å². The number of imidazole rings is 1. The third-order valence-electron chi connectivity index (χ3n) is 3.19. The number of halogens is 2. The van der Waals surface area contributed by atoms with E-state index in [0.717, 1.165) is 10.1 Å². The van der Waals surface area contributed by atoms with Crippen molar-refractivity contribution >= 4 is 6.03 Å². The molecule has 2 rings (SSSR count). The number of urea groups is 1. The molecule has 22 heavy (non-hydrogen) atoms. The zero-order valence-electron chi connectivity index (χ0n) is 12.2. The average molecular weight is 308 g/mol. The summed E-state index contributed by atoms with van der Waals surface area (Å²) in [5, 5.41) is 5.43. The molecular weight excluding hydrogens is 290 g/mol. The molecule has 1 aromatic carbocycles. The topological polar surface area (TPSA) is 59.0 Å². The van der Waals surface area contributed by atoms with Crippen LogP contribution in [0.4, 0.5) is 13.6 Å². The highest BCUT2D eigenvalue weighted by atomic mass is 19.3. The zero-order chi connectivity index (χ0) is 15.9. The molecule has 1 heterocycles. The van der Waals surface area contributed by atoms with Gasteiger partial charge in [0.1, 0.15) is 5.82 Å². The second-order valence-corrected chi connectivity index (χ2v) is 4.70. The predicted octanol–water partition coefficient (Wildman–Crippen LogP) is 2.88. The van der Waals surface area contributed by atoms with E-state index in [1.165, 1.54) is 12.4 Å². The highest BCUT2D eigenvalue weighted by molar-refractivity contribution is 5.74. The molecule has 0 unspecified atom stereocenters. The first-order valence-corrected chi connectivity index (χ1v) is 7.01. The lowest BCUT2D eigenvalue weighted by atomic mass is 10.0. The fraction of sp³-hybridized carbons (Fsp3) is 0.333. The Labute approximate surface area is 127 Å². The van der Waals surface area contributed by atoms with E-state index in [1.807, 2.05) is 30.3 Å². The minimum atomic E-state index is -2.65. The molecule has 2 amide bonds. The molecule has 2 N–H and O–H groups in total. The van der Waals surface area contributed by atoms with Gasteiger partial charge in [-0.1, -0.05) is 30.3 Å². The van der Waals surface area contributed by atoms with E-state index in [2.05, 4.69) is 15.6 Å². The minimum Gasteiger partial charge on any atom is -0.338 e. The van der Waals surface area contributed by atoms with Crippen molar-refractivity contribution in [3.63, 3.8) is 0 Å². The van der Waals surface area contributed by atoms with Gasteiger partial charge in [0.05, 0.1) is 6.04 Å². The predicted molar refractivity (Wildman–Crippen MR) is 78.6 cm³/mol. The van der Waals surface area contributed by atoms with Gasteiger partial charge in [-0.15, -0.1) is 0 Å². The van der Waals surface area contributed by atoms with Crippen LogP contribution in [0.2, 0.25) is 0 Å². The third-order valence-corrected chi connectivity index (χ3v) is 3.19. The molecule has 7 heteroatoms. The van der Waals surface area contributed by atoms with Crippen LogP contribution >= 0.6 is 0 Å². The van der Waals surface area contributed by atoms with Crippen LogP contribution in [-0.2, 0) is 6.42 Å². The minimum absolute atomic E-state index is 0.179. The number of carbonyl (C=O) groups is 1. The Bertz CT molecular complexity index is 601. The lowest BCUT2D eigenvalue weighted by Crippen LogP contribution is -2.38. The number of hydrogen-bond donors (Lipinski definition) is 2. The highest BCUT2D eigenvalue weighted by Gasteiger charge is 2.19. The normalized spacial score (nSPS) is 12.2. The van der Waals surface area contributed by atoms with Gasteiger partial charge in [-0.25, -0.2) is 9.78 Å². The largest absolute Gasteiger partial charge is 0.338 e. The standard InChI is InChI=1S/C15H18F2N4O/c1-2-18-15(22)20-12(11-6-4-3-5-7-11)10-13-19-8-9-21(13)14(16)17/h3-9,12,14H,2,10H2,1H3,(H2,18,20,22)/t12-/m1/s1. The summed E-state index contributed by atoms with van der Waals surface area (Å²) < 4.78 is 26.6. The van der Waals surface area contributed by atoms with Crippen LogP contribution in [0.3, 0.4) is 0 Å². The molecule has 0 bridgehead atoms. The van der Waals surface area contributed by atoms with Crippen LogP contribution in [0.25, 0.3) is 0 Å². The first-order chi connectivity index (χ1) is 10.6. The second kappa shape index (κ2) is 7.53. The van der Waals surface area contributed by atoms with Crippen LogP contribution in [0.5, 0.6) is 0 Å². The van der Waals surface area contributed by atoms with Gasteiger partial charge in [0, 0.05) is 25.4 Å². The Hall–Kier alpha value is -2.44. The summed E-state index contributed by atoms with van der Waals surface area (Å²) in [4.78, 5) is 15.7. The van der Waals surface area contributed by atoms with Crippen molar-refractivity contribution in [2.75, 3.05) is 6.54 Å². The number of nitrogens with zero attached hydrogens (tertiary/aromatic N) is 2. The van der Waals surface area contributed by atoms with Crippen molar-refractivity contribution in [2.24, 2.45) is 0 Å². The van der Waals surface area contributed by atoms with E-state index in [4.69, 9.17) is 0 Å². The Balaban J connectivity index is 2.21. The molecule has 0 spiro atoms. The second-order valence-electron chi connectivity index (χ2n) is 4.70. The fourth-order valence-corrected chi connectivity index (χ4v) is 2.17. The van der Waals surface area contributed by atoms with Crippen LogP contribution in [0.15, 0.2) is 42.7 Å². The van der Waals surface area contributed by atoms with E-state index >= 15 is 0 Å². The molecule has 0 aliphatic carbocycles. The van der Waals surface area contributed by atoms with Crippen LogP contribution < -0.4 is 10.6 Å². The summed E-state index contributed by atoms with van der Waals surface area (Å²) in [6.45, 7) is -0.363. The number of aromatic nitrogens is 2. The molecule has 0 radical (unpaired) electrons. The molecule has 2 aromatic rings. The first kappa shape index (κ1) is 15.9. The molecule has 1 atom stereocenters. The van der Waals surface area contributed by atoms with E-state index in [9.17, 15) is 13.6 Å². The summed E-state index contributed by atoms with van der Waals surface area (Å²) in [5.74, 6) is 0.223. The lowest BCUT2D eigenvalue weighted by molar-refractivity contribution is 0.0666. The van der Waals surface area contributed by atoms with Gasteiger partial charge >= 0.3 is 12.6 Å². The van der Waals surface area contributed by atoms with Gasteiger partial charge in [-0.2, -0.15) is 8.78 Å². The van der Waals surface area contributed by atoms with E-state index in [0.29, 0.717) is 6.54 Å². The van der Waals surface area contributed by atoms with Crippen LogP contribution in [0, 0.1) is 0 Å². The number of amides is 2. The highest BCUT2D eigenvalue weighted by Crippen LogP contribution is 2.20. The van der Waals surface area contributed by atoms with Crippen molar-refractivity contribution < 1.29 is 13.6 Å². The van der Waals surface area contributed by atoms with E-state index in [-0.39, 0.29) is 18.3 Å². The number of carbonyl (C=O) groups excluding carboxylic acids is 1. The number of hydrogen-bond acceptors (Lipinski definition) is 2. The Kier molecular flexibility index (Phi) is 5.46. The van der Waals surface area contributed by atoms with Gasteiger partial charge < -0.3 is 10.6 Å². The van der Waals surface area contributed by atoms with Crippen molar-refractivity contribution in [3.8, 4) is 0 Å². The van der Waals surface area contributed by atoms with Gasteiger partial charge in [0.2, 0.25) is 0 Å². The molecule has 0 saturated carbocycles. The summed E-state index contributed by atoms with van der Waals surface area (Å²) in [5.41, 5.74) is 0.831. The SMILES string of the molecule is CCNC(=O)N[C@H](Cc1nccn1C(F)F)c1ccccc1. The molecular formula is C15H18F2N4O. The van der Waals surface area contributed by atoms with Crippen molar-refractivity contribution in [3.05, 3.63) is 54.1 Å². The molecule has 0 saturated heterocycles. The molecule has 5 nitrogen and oxygen atoms in total. The quantitative estimate of drug-likeness (QED) is 0.862. The summed E-state index contributed by atoms with van der Waals surface area (Å²) >= 11 is 0. The Morgan fingerprint density at radius 2 is 2.05 bits per heavy atom. The lowest BCUT2D eigenvalue weighted by Gasteiger charge is -2.19. The average Bonchev–Trinajstić information content (AvgIpc) is 2.96. The van der Waals surface area contributed by atoms with Gasteiger partial charge in [0.15, 0.2) is 0 Å². The Morgan fingerprint density at radius 3 is 2.68 bits per heavy atom. The van der Waals surface area contributed by atoms with Crippen LogP contribution in [0.1, 0.15) is 30.9 Å². The van der Waals surface area contributed by atoms with Crippen molar-refractivity contribution in [2.45, 2.75) is 25.9 Å². The first-order valence-electron chi connectivity index (χ1n) is 7.01. The summed E-state index contributed by atoms with van der Waals surface area (Å²) in [6, 6.07) is 8.42. The number of benzene rings is 1. The number of rotatable bonds is 6. The number of nitrogens with one attached hydrogen (secondary N) is 2. The molecule has 0 aliphatic heterocycles. The molecule has 0 fully saturated rings. The molecule has 1 aromatic heterocycles. The molecule has 0 aliphatic rings. The van der Waals surface area contributed by atoms with Crippen LogP contribution in [-0.4, -0.2) is 22.1 Å². The monoisotopic (exact) mass is 308 g/mol. The number of alkyl halides is 2. The molecule has 118 valence electrons. The van der Waals surface area contributed by atoms with E-state index < -0.39 is 12.6 Å². The summed E-state index contributed by atoms with van der Waals surface area (Å²) in [6.07, 6.45) is 2.74. The van der Waals surface area contributed by atoms with Crippen molar-refractivity contribution in [1.29, 1.82) is 0 Å². The smallest absolute Gasteiger partial charge is 0.319 e. The summed E-state index contributed by atoms with van der Waals surface area (Å²) in [7, 11) is 0. The van der Waals surface area contributed by atoms with Gasteiger partial charge in [-0.3, -0.25) is 4.57 Å². The Morgan fingerprint density at radius 1 is 1.32 bits per heavy atom. The van der Waals surface area contributed by atoms with Crippen molar-refractivity contribution in [1.82, 2.24) is 20.2 Å². The van der Waals surface area contributed by atoms with E-state index in [1.54, 1.807) is 6.92 Å².